The first-order chi connectivity index (χ1) is 15.9. The van der Waals surface area contributed by atoms with Gasteiger partial charge in [-0.2, -0.15) is 0 Å². The number of imide groups is 1. The molecule has 0 aromatic heterocycles. The number of nitrogens with one attached hydrogen (secondary N) is 1. The Labute approximate surface area is 197 Å². The number of carbonyl (C=O) groups is 2. The van der Waals surface area contributed by atoms with Gasteiger partial charge in [0.1, 0.15) is 17.2 Å². The van der Waals surface area contributed by atoms with E-state index >= 15 is 0 Å². The van der Waals surface area contributed by atoms with Crippen molar-refractivity contribution in [2.75, 3.05) is 19.5 Å². The van der Waals surface area contributed by atoms with Gasteiger partial charge in [0.15, 0.2) is 0 Å². The maximum absolute atomic E-state index is 13.5. The maximum Gasteiger partial charge on any atom is 0.278 e. The van der Waals surface area contributed by atoms with Crippen molar-refractivity contribution in [1.29, 1.82) is 0 Å². The molecule has 0 atom stereocenters. The normalized spacial score (nSPS) is 13.5. The monoisotopic (exact) mass is 462 g/mol. The molecule has 4 rings (SSSR count). The summed E-state index contributed by atoms with van der Waals surface area (Å²) in [5.41, 5.74) is 3.38. The summed E-state index contributed by atoms with van der Waals surface area (Å²) in [4.78, 5) is 28.3. The first-order valence-corrected chi connectivity index (χ1v) is 10.7. The zero-order valence-electron chi connectivity index (χ0n) is 18.5. The molecule has 0 saturated heterocycles. The average Bonchev–Trinajstić information content (AvgIpc) is 3.06. The standard InChI is InChI=1S/C26H23ClN2O4/c1-16-8-11-19(27)14-21(16)28-24-23(17-9-12-20(32-2)13-10-17)25(30)29(26(24)31)15-18-6-4-5-7-22(18)33-3/h4-14,28H,15H2,1-3H3. The fourth-order valence-corrected chi connectivity index (χ4v) is 3.90. The molecule has 1 N–H and O–H groups in total. The van der Waals surface area contributed by atoms with Crippen LogP contribution in [0.15, 0.2) is 72.4 Å². The largest absolute Gasteiger partial charge is 0.497 e. The first kappa shape index (κ1) is 22.4. The van der Waals surface area contributed by atoms with Gasteiger partial charge in [0.25, 0.3) is 11.8 Å². The van der Waals surface area contributed by atoms with Crippen LogP contribution in [0.1, 0.15) is 16.7 Å². The molecule has 7 heteroatoms. The number of anilines is 1. The molecule has 3 aromatic rings. The Morgan fingerprint density at radius 3 is 2.33 bits per heavy atom. The van der Waals surface area contributed by atoms with Gasteiger partial charge in [-0.1, -0.05) is 48.0 Å². The second-order valence-corrected chi connectivity index (χ2v) is 8.01. The number of rotatable bonds is 7. The number of ether oxygens (including phenoxy) is 2. The Bertz CT molecular complexity index is 1250. The van der Waals surface area contributed by atoms with E-state index < -0.39 is 11.8 Å². The number of methoxy groups -OCH3 is 2. The van der Waals surface area contributed by atoms with Crippen LogP contribution >= 0.6 is 11.6 Å². The average molecular weight is 463 g/mol. The molecule has 6 nitrogen and oxygen atoms in total. The molecule has 0 radical (unpaired) electrons. The molecule has 3 aromatic carbocycles. The van der Waals surface area contributed by atoms with Crippen LogP contribution in [0.4, 0.5) is 5.69 Å². The van der Waals surface area contributed by atoms with Crippen LogP contribution in [0.3, 0.4) is 0 Å². The third kappa shape index (κ3) is 4.43. The van der Waals surface area contributed by atoms with Crippen molar-refractivity contribution in [3.05, 3.63) is 94.1 Å². The van der Waals surface area contributed by atoms with Crippen LogP contribution < -0.4 is 14.8 Å². The van der Waals surface area contributed by atoms with Gasteiger partial charge < -0.3 is 14.8 Å². The van der Waals surface area contributed by atoms with Crippen LogP contribution in [-0.2, 0) is 16.1 Å². The number of nitrogens with zero attached hydrogens (tertiary/aromatic N) is 1. The highest BCUT2D eigenvalue weighted by molar-refractivity contribution is 6.36. The Balaban J connectivity index is 1.77. The van der Waals surface area contributed by atoms with E-state index in [1.165, 1.54) is 4.90 Å². The van der Waals surface area contributed by atoms with Gasteiger partial charge in [-0.3, -0.25) is 14.5 Å². The highest BCUT2D eigenvalue weighted by Gasteiger charge is 2.39. The van der Waals surface area contributed by atoms with Gasteiger partial charge in [0, 0.05) is 16.3 Å². The van der Waals surface area contributed by atoms with E-state index in [0.29, 0.717) is 27.8 Å². The molecule has 33 heavy (non-hydrogen) atoms. The van der Waals surface area contributed by atoms with Crippen molar-refractivity contribution in [1.82, 2.24) is 4.90 Å². The lowest BCUT2D eigenvalue weighted by Crippen LogP contribution is -2.32. The van der Waals surface area contributed by atoms with Crippen LogP contribution in [-0.4, -0.2) is 30.9 Å². The highest BCUT2D eigenvalue weighted by atomic mass is 35.5. The number of hydrogen-bond acceptors (Lipinski definition) is 5. The molecule has 1 aliphatic rings. The number of carbonyl (C=O) groups excluding carboxylic acids is 2. The Kier molecular flexibility index (Phi) is 6.38. The van der Waals surface area contributed by atoms with Crippen molar-refractivity contribution >= 4 is 34.7 Å². The Morgan fingerprint density at radius 1 is 0.909 bits per heavy atom. The van der Waals surface area contributed by atoms with Crippen molar-refractivity contribution in [3.63, 3.8) is 0 Å². The first-order valence-electron chi connectivity index (χ1n) is 10.3. The number of amides is 2. The van der Waals surface area contributed by atoms with Crippen LogP contribution in [0.5, 0.6) is 11.5 Å². The zero-order chi connectivity index (χ0) is 23.5. The second-order valence-electron chi connectivity index (χ2n) is 7.57. The minimum Gasteiger partial charge on any atom is -0.497 e. The van der Waals surface area contributed by atoms with Crippen LogP contribution in [0, 0.1) is 6.92 Å². The number of halogens is 1. The molecule has 2 amide bonds. The number of para-hydroxylation sites is 1. The summed E-state index contributed by atoms with van der Waals surface area (Å²) in [5, 5.41) is 3.70. The highest BCUT2D eigenvalue weighted by Crippen LogP contribution is 2.34. The summed E-state index contributed by atoms with van der Waals surface area (Å²) < 4.78 is 10.6. The fourth-order valence-electron chi connectivity index (χ4n) is 3.73. The van der Waals surface area contributed by atoms with E-state index in [4.69, 9.17) is 21.1 Å². The number of aryl methyl sites for hydroxylation is 1. The lowest BCUT2D eigenvalue weighted by molar-refractivity contribution is -0.137. The quantitative estimate of drug-likeness (QED) is 0.497. The molecular weight excluding hydrogens is 440 g/mol. The molecule has 1 heterocycles. The SMILES string of the molecule is COc1ccc(C2=C(Nc3cc(Cl)ccc3C)C(=O)N(Cc3ccccc3OC)C2=O)cc1. The van der Waals surface area contributed by atoms with Gasteiger partial charge in [0.2, 0.25) is 0 Å². The Hall–Kier alpha value is -3.77. The number of hydrogen-bond donors (Lipinski definition) is 1. The maximum atomic E-state index is 13.5. The van der Waals surface area contributed by atoms with Crippen molar-refractivity contribution < 1.29 is 19.1 Å². The molecule has 0 fully saturated rings. The van der Waals surface area contributed by atoms with Gasteiger partial charge in [-0.15, -0.1) is 0 Å². The fraction of sp³-hybridized carbons (Fsp3) is 0.154. The third-order valence-corrected chi connectivity index (χ3v) is 5.76. The lowest BCUT2D eigenvalue weighted by atomic mass is 10.0. The van der Waals surface area contributed by atoms with Crippen molar-refractivity contribution in [2.45, 2.75) is 13.5 Å². The Morgan fingerprint density at radius 2 is 1.64 bits per heavy atom. The predicted octanol–water partition coefficient (Wildman–Crippen LogP) is 5.06. The summed E-state index contributed by atoms with van der Waals surface area (Å²) >= 11 is 6.18. The molecule has 0 saturated carbocycles. The van der Waals surface area contributed by atoms with Gasteiger partial charge >= 0.3 is 0 Å². The minimum atomic E-state index is -0.420. The molecule has 0 bridgehead atoms. The van der Waals surface area contributed by atoms with E-state index in [1.807, 2.05) is 31.2 Å². The van der Waals surface area contributed by atoms with Gasteiger partial charge in [-0.05, 0) is 48.4 Å². The van der Waals surface area contributed by atoms with Crippen molar-refractivity contribution in [3.8, 4) is 11.5 Å². The van der Waals surface area contributed by atoms with E-state index in [9.17, 15) is 9.59 Å². The van der Waals surface area contributed by atoms with Crippen LogP contribution in [0.2, 0.25) is 5.02 Å². The minimum absolute atomic E-state index is 0.0844. The lowest BCUT2D eigenvalue weighted by Gasteiger charge is -2.17. The summed E-state index contributed by atoms with van der Waals surface area (Å²) in [6.45, 7) is 1.99. The van der Waals surface area contributed by atoms with E-state index in [-0.39, 0.29) is 17.8 Å². The molecule has 0 unspecified atom stereocenters. The predicted molar refractivity (Wildman–Crippen MR) is 128 cm³/mol. The van der Waals surface area contributed by atoms with E-state index in [0.717, 1.165) is 11.1 Å². The van der Waals surface area contributed by atoms with E-state index in [2.05, 4.69) is 5.32 Å². The van der Waals surface area contributed by atoms with Gasteiger partial charge in [0.05, 0.1) is 26.3 Å². The second kappa shape index (κ2) is 9.38. The summed E-state index contributed by atoms with van der Waals surface area (Å²) in [6.07, 6.45) is 0. The molecule has 0 aliphatic carbocycles. The smallest absolute Gasteiger partial charge is 0.278 e. The summed E-state index contributed by atoms with van der Waals surface area (Å²) in [7, 11) is 3.13. The number of benzene rings is 3. The summed E-state index contributed by atoms with van der Waals surface area (Å²) in [5.74, 6) is 0.452. The molecular formula is C26H23ClN2O4. The van der Waals surface area contributed by atoms with E-state index in [1.54, 1.807) is 56.7 Å². The molecule has 168 valence electrons. The van der Waals surface area contributed by atoms with Crippen LogP contribution in [0.25, 0.3) is 5.57 Å². The van der Waals surface area contributed by atoms with Crippen molar-refractivity contribution in [2.24, 2.45) is 0 Å². The topological polar surface area (TPSA) is 67.9 Å². The summed E-state index contributed by atoms with van der Waals surface area (Å²) in [6, 6.07) is 19.7. The molecule has 0 spiro atoms. The molecule has 1 aliphatic heterocycles. The zero-order valence-corrected chi connectivity index (χ0v) is 19.3. The third-order valence-electron chi connectivity index (χ3n) is 5.53. The van der Waals surface area contributed by atoms with Gasteiger partial charge in [-0.25, -0.2) is 0 Å².